The second kappa shape index (κ2) is 5.97. The molecule has 0 aliphatic rings. The number of hydrogen-bond donors (Lipinski definition) is 2. The Morgan fingerprint density at radius 2 is 1.84 bits per heavy atom. The lowest BCUT2D eigenvalue weighted by atomic mass is 9.98. The van der Waals surface area contributed by atoms with Gasteiger partial charge in [-0.1, -0.05) is 26.0 Å². The van der Waals surface area contributed by atoms with Crippen LogP contribution in [0.5, 0.6) is 0 Å². The predicted octanol–water partition coefficient (Wildman–Crippen LogP) is 2.03. The van der Waals surface area contributed by atoms with Crippen LogP contribution in [-0.2, 0) is 0 Å². The largest absolute Gasteiger partial charge is 0.394 e. The van der Waals surface area contributed by atoms with Crippen molar-refractivity contribution in [3.8, 4) is 0 Å². The summed E-state index contributed by atoms with van der Waals surface area (Å²) in [6.45, 7) is 6.96. The molecule has 0 saturated heterocycles. The highest BCUT2D eigenvalue weighted by molar-refractivity contribution is 6.01. The van der Waals surface area contributed by atoms with Crippen LogP contribution in [-0.4, -0.2) is 28.9 Å². The summed E-state index contributed by atoms with van der Waals surface area (Å²) in [5.74, 6) is -0.388. The normalized spacial score (nSPS) is 11.5. The van der Waals surface area contributed by atoms with Gasteiger partial charge >= 0.3 is 0 Å². The molecule has 1 rings (SSSR count). The van der Waals surface area contributed by atoms with Crippen molar-refractivity contribution in [3.05, 3.63) is 35.4 Å². The van der Waals surface area contributed by atoms with Gasteiger partial charge in [0.1, 0.15) is 0 Å². The van der Waals surface area contributed by atoms with Crippen molar-refractivity contribution in [3.63, 3.8) is 0 Å². The Bertz CT molecular complexity index is 478. The molecule has 0 bridgehead atoms. The van der Waals surface area contributed by atoms with E-state index < -0.39 is 5.54 Å². The molecule has 4 nitrogen and oxygen atoms in total. The molecule has 2 N–H and O–H groups in total. The van der Waals surface area contributed by atoms with Crippen LogP contribution in [0.3, 0.4) is 0 Å². The van der Waals surface area contributed by atoms with Crippen LogP contribution in [0, 0.1) is 5.92 Å². The number of hydrogen-bond acceptors (Lipinski definition) is 3. The SMILES string of the molecule is CC(C)C(=O)c1cccc(C(=O)NC(C)(C)CO)c1. The zero-order chi connectivity index (χ0) is 14.6. The van der Waals surface area contributed by atoms with Gasteiger partial charge in [0.05, 0.1) is 12.1 Å². The Morgan fingerprint density at radius 3 is 2.37 bits per heavy atom. The fraction of sp³-hybridized carbons (Fsp3) is 0.467. The Balaban J connectivity index is 2.94. The first-order valence-corrected chi connectivity index (χ1v) is 6.34. The molecule has 19 heavy (non-hydrogen) atoms. The summed E-state index contributed by atoms with van der Waals surface area (Å²) < 4.78 is 0. The van der Waals surface area contributed by atoms with E-state index in [1.165, 1.54) is 0 Å². The van der Waals surface area contributed by atoms with Crippen molar-refractivity contribution in [1.82, 2.24) is 5.32 Å². The number of benzene rings is 1. The molecular weight excluding hydrogens is 242 g/mol. The lowest BCUT2D eigenvalue weighted by molar-refractivity contribution is 0.0869. The summed E-state index contributed by atoms with van der Waals surface area (Å²) in [4.78, 5) is 23.9. The standard InChI is InChI=1S/C15H21NO3/c1-10(2)13(18)11-6-5-7-12(8-11)14(19)16-15(3,4)9-17/h5-8,10,17H,9H2,1-4H3,(H,16,19). The number of carbonyl (C=O) groups is 2. The summed E-state index contributed by atoms with van der Waals surface area (Å²) in [6, 6.07) is 6.64. The molecule has 1 aromatic carbocycles. The minimum absolute atomic E-state index is 0.0102. The van der Waals surface area contributed by atoms with E-state index in [0.717, 1.165) is 0 Å². The molecule has 0 fully saturated rings. The van der Waals surface area contributed by atoms with E-state index in [9.17, 15) is 9.59 Å². The Kier molecular flexibility index (Phi) is 4.84. The summed E-state index contributed by atoms with van der Waals surface area (Å²) >= 11 is 0. The van der Waals surface area contributed by atoms with Gasteiger partial charge in [-0.2, -0.15) is 0 Å². The number of aliphatic hydroxyl groups excluding tert-OH is 1. The quantitative estimate of drug-likeness (QED) is 0.799. The van der Waals surface area contributed by atoms with Gasteiger partial charge in [-0.25, -0.2) is 0 Å². The Morgan fingerprint density at radius 1 is 1.26 bits per heavy atom. The van der Waals surface area contributed by atoms with Crippen molar-refractivity contribution >= 4 is 11.7 Å². The molecule has 0 saturated carbocycles. The summed E-state index contributed by atoms with van der Waals surface area (Å²) in [5.41, 5.74) is 0.271. The zero-order valence-electron chi connectivity index (χ0n) is 11.9. The molecule has 1 aromatic rings. The third-order valence-electron chi connectivity index (χ3n) is 2.78. The van der Waals surface area contributed by atoms with Crippen LogP contribution in [0.25, 0.3) is 0 Å². The van der Waals surface area contributed by atoms with Gasteiger partial charge in [-0.15, -0.1) is 0 Å². The van der Waals surface area contributed by atoms with Crippen LogP contribution in [0.1, 0.15) is 48.4 Å². The number of rotatable bonds is 5. The van der Waals surface area contributed by atoms with Gasteiger partial charge in [-0.3, -0.25) is 9.59 Å². The summed E-state index contributed by atoms with van der Waals surface area (Å²) in [7, 11) is 0. The van der Waals surface area contributed by atoms with Crippen LogP contribution >= 0.6 is 0 Å². The molecule has 104 valence electrons. The van der Waals surface area contributed by atoms with E-state index in [1.807, 2.05) is 13.8 Å². The van der Waals surface area contributed by atoms with E-state index in [0.29, 0.717) is 11.1 Å². The van der Waals surface area contributed by atoms with E-state index in [-0.39, 0.29) is 24.2 Å². The lowest BCUT2D eigenvalue weighted by Crippen LogP contribution is -2.46. The molecule has 0 aliphatic heterocycles. The van der Waals surface area contributed by atoms with Gasteiger partial charge in [-0.05, 0) is 26.0 Å². The number of Topliss-reactive ketones (excluding diaryl/α,β-unsaturated/α-hetero) is 1. The first kappa shape index (κ1) is 15.4. The first-order valence-electron chi connectivity index (χ1n) is 6.34. The van der Waals surface area contributed by atoms with Gasteiger partial charge in [0.2, 0.25) is 0 Å². The summed E-state index contributed by atoms with van der Waals surface area (Å²) in [6.07, 6.45) is 0. The topological polar surface area (TPSA) is 66.4 Å². The van der Waals surface area contributed by atoms with Crippen LogP contribution in [0.4, 0.5) is 0 Å². The molecule has 0 aliphatic carbocycles. The second-order valence-corrected chi connectivity index (χ2v) is 5.60. The first-order chi connectivity index (χ1) is 8.76. The maximum atomic E-state index is 12.0. The molecule has 0 radical (unpaired) electrons. The van der Waals surface area contributed by atoms with Gasteiger partial charge in [0.15, 0.2) is 5.78 Å². The van der Waals surface area contributed by atoms with E-state index in [1.54, 1.807) is 38.1 Å². The Labute approximate surface area is 113 Å². The molecule has 0 unspecified atom stereocenters. The van der Waals surface area contributed by atoms with Crippen molar-refractivity contribution < 1.29 is 14.7 Å². The maximum absolute atomic E-state index is 12.0. The molecule has 0 atom stereocenters. The fourth-order valence-corrected chi connectivity index (χ4v) is 1.57. The van der Waals surface area contributed by atoms with Gasteiger partial charge < -0.3 is 10.4 Å². The van der Waals surface area contributed by atoms with Crippen LogP contribution < -0.4 is 5.32 Å². The van der Waals surface area contributed by atoms with E-state index >= 15 is 0 Å². The van der Waals surface area contributed by atoms with Gasteiger partial charge in [0.25, 0.3) is 5.91 Å². The monoisotopic (exact) mass is 263 g/mol. The van der Waals surface area contributed by atoms with E-state index in [2.05, 4.69) is 5.32 Å². The van der Waals surface area contributed by atoms with E-state index in [4.69, 9.17) is 5.11 Å². The highest BCUT2D eigenvalue weighted by Gasteiger charge is 2.20. The van der Waals surface area contributed by atoms with Crippen LogP contribution in [0.15, 0.2) is 24.3 Å². The fourth-order valence-electron chi connectivity index (χ4n) is 1.57. The van der Waals surface area contributed by atoms with Crippen molar-refractivity contribution in [2.45, 2.75) is 33.2 Å². The van der Waals surface area contributed by atoms with Crippen LogP contribution in [0.2, 0.25) is 0 Å². The molecule has 0 aromatic heterocycles. The predicted molar refractivity (Wildman–Crippen MR) is 74.2 cm³/mol. The second-order valence-electron chi connectivity index (χ2n) is 5.60. The van der Waals surface area contributed by atoms with Crippen molar-refractivity contribution in [1.29, 1.82) is 0 Å². The molecular formula is C15H21NO3. The maximum Gasteiger partial charge on any atom is 0.251 e. The lowest BCUT2D eigenvalue weighted by Gasteiger charge is -2.23. The smallest absolute Gasteiger partial charge is 0.251 e. The number of aliphatic hydroxyl groups is 1. The average molecular weight is 263 g/mol. The number of carbonyl (C=O) groups excluding carboxylic acids is 2. The number of amides is 1. The van der Waals surface area contributed by atoms with Crippen molar-refractivity contribution in [2.24, 2.45) is 5.92 Å². The zero-order valence-corrected chi connectivity index (χ0v) is 11.9. The average Bonchev–Trinajstić information content (AvgIpc) is 2.37. The highest BCUT2D eigenvalue weighted by atomic mass is 16.3. The van der Waals surface area contributed by atoms with Gasteiger partial charge in [0, 0.05) is 17.0 Å². The molecule has 0 heterocycles. The minimum Gasteiger partial charge on any atom is -0.394 e. The molecule has 4 heteroatoms. The third-order valence-corrected chi connectivity index (χ3v) is 2.78. The summed E-state index contributed by atoms with van der Waals surface area (Å²) in [5, 5.41) is 11.9. The van der Waals surface area contributed by atoms with Crippen molar-refractivity contribution in [2.75, 3.05) is 6.61 Å². The Hall–Kier alpha value is -1.68. The third kappa shape index (κ3) is 4.17. The highest BCUT2D eigenvalue weighted by Crippen LogP contribution is 2.12. The number of ketones is 1. The minimum atomic E-state index is -0.685. The molecule has 1 amide bonds. The number of nitrogens with one attached hydrogen (secondary N) is 1. The molecule has 0 spiro atoms.